The van der Waals surface area contributed by atoms with Crippen molar-refractivity contribution in [1.82, 2.24) is 4.57 Å². The molecular weight excluding hydrogens is 659 g/mol. The maximum atomic E-state index is 6.34. The van der Waals surface area contributed by atoms with Crippen molar-refractivity contribution < 1.29 is 8.83 Å². The van der Waals surface area contributed by atoms with Gasteiger partial charge in [0.2, 0.25) is 0 Å². The summed E-state index contributed by atoms with van der Waals surface area (Å²) in [7, 11) is 0. The Morgan fingerprint density at radius 3 is 1.76 bits per heavy atom. The second kappa shape index (κ2) is 10.6. The Balaban J connectivity index is 1.06. The molecule has 54 heavy (non-hydrogen) atoms. The van der Waals surface area contributed by atoms with Crippen molar-refractivity contribution in [3.8, 4) is 39.1 Å². The summed E-state index contributed by atoms with van der Waals surface area (Å²) in [5.41, 5.74) is 17.1. The molecule has 0 N–H and O–H groups in total. The maximum absolute atomic E-state index is 6.34. The van der Waals surface area contributed by atoms with Crippen LogP contribution in [-0.2, 0) is 5.41 Å². The van der Waals surface area contributed by atoms with Crippen molar-refractivity contribution in [2.75, 3.05) is 0 Å². The Bertz CT molecular complexity index is 3350. The lowest BCUT2D eigenvalue weighted by atomic mass is 9.80. The molecule has 0 aliphatic heterocycles. The van der Waals surface area contributed by atoms with Crippen LogP contribution in [0, 0.1) is 0 Å². The van der Waals surface area contributed by atoms with Crippen molar-refractivity contribution in [2.24, 2.45) is 0 Å². The first-order chi connectivity index (χ1) is 26.5. The molecule has 254 valence electrons. The van der Waals surface area contributed by atoms with E-state index in [0.29, 0.717) is 0 Å². The van der Waals surface area contributed by atoms with Gasteiger partial charge in [0.05, 0.1) is 11.0 Å². The fraction of sp³-hybridized carbons (Fsp3) is 0.0588. The van der Waals surface area contributed by atoms with Gasteiger partial charge in [0.1, 0.15) is 22.3 Å². The number of furan rings is 2. The van der Waals surface area contributed by atoms with Crippen molar-refractivity contribution in [3.05, 3.63) is 175 Å². The fourth-order valence-electron chi connectivity index (χ4n) is 9.45. The van der Waals surface area contributed by atoms with Gasteiger partial charge in [0.15, 0.2) is 0 Å². The van der Waals surface area contributed by atoms with Crippen LogP contribution in [0.1, 0.15) is 25.0 Å². The molecule has 0 saturated carbocycles. The molecule has 12 rings (SSSR count). The number of aromatic nitrogens is 1. The molecule has 0 spiro atoms. The first kappa shape index (κ1) is 29.7. The predicted molar refractivity (Wildman–Crippen MR) is 224 cm³/mol. The first-order valence-corrected chi connectivity index (χ1v) is 18.7. The van der Waals surface area contributed by atoms with Crippen molar-refractivity contribution in [1.29, 1.82) is 0 Å². The molecule has 3 heteroatoms. The van der Waals surface area contributed by atoms with E-state index < -0.39 is 0 Å². The molecule has 0 radical (unpaired) electrons. The largest absolute Gasteiger partial charge is 0.456 e. The zero-order valence-electron chi connectivity index (χ0n) is 29.9. The molecule has 3 nitrogen and oxygen atoms in total. The summed E-state index contributed by atoms with van der Waals surface area (Å²) in [6.45, 7) is 4.73. The molecule has 0 saturated heterocycles. The lowest BCUT2D eigenvalue weighted by molar-refractivity contribution is 0.657. The number of fused-ring (bicyclic) bond motifs is 13. The van der Waals surface area contributed by atoms with Gasteiger partial charge in [-0.3, -0.25) is 0 Å². The minimum atomic E-state index is -0.201. The van der Waals surface area contributed by atoms with Gasteiger partial charge in [-0.2, -0.15) is 0 Å². The van der Waals surface area contributed by atoms with Crippen LogP contribution in [0.5, 0.6) is 0 Å². The minimum Gasteiger partial charge on any atom is -0.456 e. The third-order valence-corrected chi connectivity index (χ3v) is 12.0. The Labute approximate surface area is 311 Å². The third-order valence-electron chi connectivity index (χ3n) is 12.0. The summed E-state index contributed by atoms with van der Waals surface area (Å²) in [6, 6.07) is 59.3. The summed E-state index contributed by atoms with van der Waals surface area (Å²) in [5, 5.41) is 7.13. The van der Waals surface area contributed by atoms with E-state index in [2.05, 4.69) is 164 Å². The lowest BCUT2D eigenvalue weighted by Gasteiger charge is -2.23. The number of rotatable bonds is 3. The van der Waals surface area contributed by atoms with Crippen molar-refractivity contribution >= 4 is 65.7 Å². The zero-order valence-corrected chi connectivity index (χ0v) is 29.9. The summed E-state index contributed by atoms with van der Waals surface area (Å²) in [6.07, 6.45) is 0. The molecule has 11 aromatic rings. The molecule has 3 heterocycles. The van der Waals surface area contributed by atoms with Crippen molar-refractivity contribution in [3.63, 3.8) is 0 Å². The van der Waals surface area contributed by atoms with E-state index in [0.717, 1.165) is 38.8 Å². The molecule has 3 aromatic heterocycles. The van der Waals surface area contributed by atoms with Gasteiger partial charge in [-0.1, -0.05) is 111 Å². The highest BCUT2D eigenvalue weighted by molar-refractivity contribution is 6.13. The average Bonchev–Trinajstić information content (AvgIpc) is 3.94. The van der Waals surface area contributed by atoms with E-state index in [-0.39, 0.29) is 5.41 Å². The average molecular weight is 692 g/mol. The Hall–Kier alpha value is -6.84. The van der Waals surface area contributed by atoms with E-state index in [1.807, 2.05) is 18.2 Å². The van der Waals surface area contributed by atoms with E-state index >= 15 is 0 Å². The van der Waals surface area contributed by atoms with Crippen LogP contribution in [0.25, 0.3) is 105 Å². The number of hydrogen-bond acceptors (Lipinski definition) is 2. The number of nitrogens with zero attached hydrogens (tertiary/aromatic N) is 1. The highest BCUT2D eigenvalue weighted by Gasteiger charge is 2.38. The monoisotopic (exact) mass is 691 g/mol. The molecule has 8 aromatic carbocycles. The zero-order chi connectivity index (χ0) is 35.7. The number of para-hydroxylation sites is 2. The lowest BCUT2D eigenvalue weighted by Crippen LogP contribution is -2.15. The van der Waals surface area contributed by atoms with E-state index in [1.165, 1.54) is 77.1 Å². The standard InChI is InChI=1S/C51H33NO2/c1-51(2)42-28-33(16-20-35(42)37-21-25-48-49(50(37)51)38-13-7-9-15-46(38)54-48)32-18-23-44-40(27-32)39-26-31(30-10-4-3-5-11-30)17-22-43(39)52(44)34-19-24-47-41(29-34)36-12-6-8-14-45(36)53-47/h3-29H,1-2H3. The van der Waals surface area contributed by atoms with Gasteiger partial charge < -0.3 is 13.4 Å². The normalized spacial score (nSPS) is 13.5. The molecule has 0 bridgehead atoms. The van der Waals surface area contributed by atoms with Crippen LogP contribution in [0.4, 0.5) is 0 Å². The number of hydrogen-bond donors (Lipinski definition) is 0. The van der Waals surface area contributed by atoms with Gasteiger partial charge >= 0.3 is 0 Å². The van der Waals surface area contributed by atoms with Gasteiger partial charge in [-0.05, 0) is 111 Å². The van der Waals surface area contributed by atoms with Crippen LogP contribution in [0.2, 0.25) is 0 Å². The van der Waals surface area contributed by atoms with E-state index in [9.17, 15) is 0 Å². The summed E-state index contributed by atoms with van der Waals surface area (Å²) >= 11 is 0. The maximum Gasteiger partial charge on any atom is 0.135 e. The Morgan fingerprint density at radius 2 is 0.981 bits per heavy atom. The summed E-state index contributed by atoms with van der Waals surface area (Å²) in [5.74, 6) is 0. The summed E-state index contributed by atoms with van der Waals surface area (Å²) < 4.78 is 15.0. The molecule has 1 aliphatic carbocycles. The number of benzene rings is 8. The topological polar surface area (TPSA) is 31.2 Å². The predicted octanol–water partition coefficient (Wildman–Crippen LogP) is 14.2. The fourth-order valence-corrected chi connectivity index (χ4v) is 9.45. The molecule has 0 atom stereocenters. The minimum absolute atomic E-state index is 0.201. The van der Waals surface area contributed by atoms with Gasteiger partial charge in [0.25, 0.3) is 0 Å². The van der Waals surface area contributed by atoms with Crippen LogP contribution < -0.4 is 0 Å². The van der Waals surface area contributed by atoms with Gasteiger partial charge in [-0.15, -0.1) is 0 Å². The Morgan fingerprint density at radius 1 is 0.407 bits per heavy atom. The third kappa shape index (κ3) is 4.01. The highest BCUT2D eigenvalue weighted by atomic mass is 16.3. The van der Waals surface area contributed by atoms with E-state index in [4.69, 9.17) is 8.83 Å². The molecule has 1 aliphatic rings. The SMILES string of the molecule is CC1(C)c2cc(-c3ccc4c(c3)c3cc(-c5ccccc5)ccc3n4-c3ccc4oc5ccccc5c4c3)ccc2-c2ccc3oc4ccccc4c3c21. The molecule has 0 amide bonds. The van der Waals surface area contributed by atoms with Crippen LogP contribution in [-0.4, -0.2) is 4.57 Å². The first-order valence-electron chi connectivity index (χ1n) is 18.7. The van der Waals surface area contributed by atoms with Crippen LogP contribution in [0.3, 0.4) is 0 Å². The van der Waals surface area contributed by atoms with Crippen molar-refractivity contribution in [2.45, 2.75) is 19.3 Å². The van der Waals surface area contributed by atoms with Gasteiger partial charge in [-0.25, -0.2) is 0 Å². The summed E-state index contributed by atoms with van der Waals surface area (Å²) in [4.78, 5) is 0. The van der Waals surface area contributed by atoms with E-state index in [1.54, 1.807) is 0 Å². The quantitative estimate of drug-likeness (QED) is 0.185. The molecule has 0 fully saturated rings. The van der Waals surface area contributed by atoms with Gasteiger partial charge in [0, 0.05) is 43.4 Å². The smallest absolute Gasteiger partial charge is 0.135 e. The van der Waals surface area contributed by atoms with Crippen LogP contribution >= 0.6 is 0 Å². The van der Waals surface area contributed by atoms with Crippen LogP contribution in [0.15, 0.2) is 173 Å². The second-order valence-electron chi connectivity index (χ2n) is 15.3. The highest BCUT2D eigenvalue weighted by Crippen LogP contribution is 2.54. The molecular formula is C51H33NO2. The second-order valence-corrected chi connectivity index (χ2v) is 15.3. The molecule has 0 unspecified atom stereocenters. The Kier molecular flexibility index (Phi) is 5.84.